The molecule has 3 rings (SSSR count). The topological polar surface area (TPSA) is 69.1 Å². The Labute approximate surface area is 174 Å². The summed E-state index contributed by atoms with van der Waals surface area (Å²) in [6.45, 7) is 4.30. The lowest BCUT2D eigenvalue weighted by Gasteiger charge is -2.04. The lowest BCUT2D eigenvalue weighted by molar-refractivity contribution is 0.106. The highest BCUT2D eigenvalue weighted by Crippen LogP contribution is 2.19. The maximum absolute atomic E-state index is 12.8. The molecule has 2 aromatic heterocycles. The monoisotopic (exact) mass is 401 g/mol. The van der Waals surface area contributed by atoms with Gasteiger partial charge < -0.3 is 4.40 Å². The van der Waals surface area contributed by atoms with Crippen molar-refractivity contribution in [3.05, 3.63) is 62.4 Å². The average molecular weight is 402 g/mol. The largest absolute Gasteiger partial charge is 0.304 e. The van der Waals surface area contributed by atoms with Gasteiger partial charge in [-0.25, -0.2) is 0 Å². The first-order chi connectivity index (χ1) is 14.1. The number of carbonyl (C=O) groups excluding carboxylic acids is 1. The molecule has 0 radical (unpaired) electrons. The number of nitrogens with zero attached hydrogens (tertiary/aromatic N) is 3. The van der Waals surface area contributed by atoms with Crippen molar-refractivity contribution in [1.29, 1.82) is 10.5 Å². The summed E-state index contributed by atoms with van der Waals surface area (Å²) < 4.78 is 3.50. The van der Waals surface area contributed by atoms with Gasteiger partial charge in [0.05, 0.1) is 10.0 Å². The van der Waals surface area contributed by atoms with E-state index in [1.165, 1.54) is 22.6 Å². The third kappa shape index (κ3) is 4.16. The average Bonchev–Trinajstić information content (AvgIpc) is 3.26. The van der Waals surface area contributed by atoms with Crippen molar-refractivity contribution in [3.8, 4) is 12.1 Å². The lowest BCUT2D eigenvalue weighted by Crippen LogP contribution is -2.12. The number of carbonyl (C=O) groups is 1. The number of hydrogen-bond donors (Lipinski definition) is 0. The molecule has 146 valence electrons. The molecular weight excluding hydrogens is 378 g/mol. The van der Waals surface area contributed by atoms with E-state index in [2.05, 4.69) is 24.3 Å². The number of unbranched alkanes of at least 4 members (excludes halogenated alkanes) is 1. The second kappa shape index (κ2) is 9.37. The molecule has 0 amide bonds. The molecule has 0 aliphatic carbocycles. The van der Waals surface area contributed by atoms with Crippen LogP contribution in [-0.2, 0) is 12.8 Å². The van der Waals surface area contributed by atoms with Gasteiger partial charge in [-0.2, -0.15) is 10.5 Å². The minimum absolute atomic E-state index is 0.0806. The van der Waals surface area contributed by atoms with Crippen molar-refractivity contribution in [2.24, 2.45) is 0 Å². The van der Waals surface area contributed by atoms with E-state index >= 15 is 0 Å². The zero-order valence-corrected chi connectivity index (χ0v) is 17.6. The minimum Gasteiger partial charge on any atom is -0.304 e. The van der Waals surface area contributed by atoms with Crippen molar-refractivity contribution in [2.75, 3.05) is 0 Å². The van der Waals surface area contributed by atoms with Gasteiger partial charge in [0.15, 0.2) is 5.78 Å². The van der Waals surface area contributed by atoms with Gasteiger partial charge in [0, 0.05) is 17.3 Å². The Morgan fingerprint density at radius 3 is 2.45 bits per heavy atom. The molecule has 0 fully saturated rings. The first-order valence-electron chi connectivity index (χ1n) is 9.92. The first-order valence-corrected chi connectivity index (χ1v) is 10.7. The van der Waals surface area contributed by atoms with Crippen LogP contribution in [0.1, 0.15) is 54.7 Å². The SMILES string of the molecule is CCCCc1c(CCC)cc2c(=C(C#N)C#N)s/c(=C\C(=O)c3ccccc3)n12. The third-order valence-corrected chi connectivity index (χ3v) is 6.03. The lowest BCUT2D eigenvalue weighted by atomic mass is 10.1. The molecule has 29 heavy (non-hydrogen) atoms. The van der Waals surface area contributed by atoms with Gasteiger partial charge in [0.2, 0.25) is 0 Å². The van der Waals surface area contributed by atoms with E-state index < -0.39 is 0 Å². The van der Waals surface area contributed by atoms with Gasteiger partial charge in [-0.1, -0.05) is 57.0 Å². The highest BCUT2D eigenvalue weighted by atomic mass is 32.1. The third-order valence-electron chi connectivity index (χ3n) is 4.90. The number of aromatic nitrogens is 1. The highest BCUT2D eigenvalue weighted by molar-refractivity contribution is 7.08. The first kappa shape index (κ1) is 20.6. The Hall–Kier alpha value is -3.15. The summed E-state index contributed by atoms with van der Waals surface area (Å²) >= 11 is 1.34. The fraction of sp³-hybridized carbons (Fsp3) is 0.292. The quantitative estimate of drug-likeness (QED) is 0.558. The molecular formula is C24H23N3OS. The number of fused-ring (bicyclic) bond motifs is 1. The van der Waals surface area contributed by atoms with Gasteiger partial charge in [-0.05, 0) is 30.9 Å². The summed E-state index contributed by atoms with van der Waals surface area (Å²) in [6.07, 6.45) is 6.61. The molecule has 0 N–H and O–H groups in total. The normalized spacial score (nSPS) is 11.4. The number of rotatable bonds is 7. The fourth-order valence-corrected chi connectivity index (χ4v) is 4.65. The number of hydrogen-bond acceptors (Lipinski definition) is 4. The van der Waals surface area contributed by atoms with Crippen molar-refractivity contribution < 1.29 is 4.79 Å². The van der Waals surface area contributed by atoms with E-state index in [1.54, 1.807) is 18.2 Å². The number of aryl methyl sites for hydroxylation is 2. The number of Topliss-reactive ketones (excluding diaryl/α,β-unsaturated/α-hetero) is 1. The molecule has 0 saturated carbocycles. The zero-order valence-electron chi connectivity index (χ0n) is 16.7. The summed E-state index contributed by atoms with van der Waals surface area (Å²) in [5.74, 6) is -0.0806. The Balaban J connectivity index is 2.36. The van der Waals surface area contributed by atoms with Crippen molar-refractivity contribution >= 4 is 34.3 Å². The second-order valence-electron chi connectivity index (χ2n) is 6.93. The van der Waals surface area contributed by atoms with Crippen LogP contribution in [0.3, 0.4) is 0 Å². The summed E-state index contributed by atoms with van der Waals surface area (Å²) in [7, 11) is 0. The molecule has 0 atom stereocenters. The predicted octanol–water partition coefficient (Wildman–Crippen LogP) is 4.16. The van der Waals surface area contributed by atoms with E-state index in [4.69, 9.17) is 0 Å². The van der Waals surface area contributed by atoms with E-state index in [-0.39, 0.29) is 11.4 Å². The van der Waals surface area contributed by atoms with Crippen LogP contribution in [0.2, 0.25) is 0 Å². The molecule has 0 saturated heterocycles. The molecule has 0 unspecified atom stereocenters. The number of thiazole rings is 1. The van der Waals surface area contributed by atoms with Gasteiger partial charge in [-0.15, -0.1) is 11.3 Å². The number of ketones is 1. The number of benzene rings is 1. The summed E-state index contributed by atoms with van der Waals surface area (Å²) in [5.41, 5.74) is 4.00. The summed E-state index contributed by atoms with van der Waals surface area (Å²) in [6, 6.07) is 15.3. The Kier molecular flexibility index (Phi) is 6.65. The van der Waals surface area contributed by atoms with E-state index in [1.807, 2.05) is 30.3 Å². The smallest absolute Gasteiger partial charge is 0.188 e. The van der Waals surface area contributed by atoms with Gasteiger partial charge in [0.25, 0.3) is 0 Å². The van der Waals surface area contributed by atoms with E-state index in [9.17, 15) is 15.3 Å². The van der Waals surface area contributed by atoms with E-state index in [0.717, 1.165) is 42.3 Å². The molecule has 5 heteroatoms. The Morgan fingerprint density at radius 1 is 1.10 bits per heavy atom. The summed E-state index contributed by atoms with van der Waals surface area (Å²) in [4.78, 5) is 12.8. The molecule has 1 aromatic carbocycles. The zero-order chi connectivity index (χ0) is 20.8. The predicted molar refractivity (Wildman–Crippen MR) is 117 cm³/mol. The van der Waals surface area contributed by atoms with Crippen LogP contribution in [0.15, 0.2) is 36.4 Å². The van der Waals surface area contributed by atoms with Crippen LogP contribution < -0.4 is 9.20 Å². The standard InChI is InChI=1S/C24H23N3OS/c1-3-5-12-20-18(9-4-2)13-21-24(19(15-25)16-26)29-23(27(20)21)14-22(28)17-10-7-6-8-11-17/h6-8,10-11,13-14H,3-5,9,12H2,1-2H3/b23-14-. The molecule has 0 aliphatic rings. The maximum atomic E-state index is 12.8. The fourth-order valence-electron chi connectivity index (χ4n) is 3.52. The van der Waals surface area contributed by atoms with Gasteiger partial charge in [-0.3, -0.25) is 4.79 Å². The van der Waals surface area contributed by atoms with Crippen LogP contribution in [0, 0.1) is 22.7 Å². The van der Waals surface area contributed by atoms with Crippen LogP contribution >= 0.6 is 11.3 Å². The Bertz CT molecular complexity index is 1220. The van der Waals surface area contributed by atoms with Crippen molar-refractivity contribution in [1.82, 2.24) is 4.40 Å². The second-order valence-corrected chi connectivity index (χ2v) is 7.96. The van der Waals surface area contributed by atoms with Crippen molar-refractivity contribution in [2.45, 2.75) is 46.0 Å². The molecule has 0 spiro atoms. The molecule has 0 bridgehead atoms. The molecule has 3 aromatic rings. The molecule has 4 nitrogen and oxygen atoms in total. The Morgan fingerprint density at radius 2 is 1.83 bits per heavy atom. The van der Waals surface area contributed by atoms with Gasteiger partial charge >= 0.3 is 0 Å². The van der Waals surface area contributed by atoms with E-state index in [0.29, 0.717) is 10.1 Å². The molecule has 0 aliphatic heterocycles. The van der Waals surface area contributed by atoms with Crippen LogP contribution in [0.25, 0.3) is 17.2 Å². The van der Waals surface area contributed by atoms with Gasteiger partial charge in [0.1, 0.15) is 22.4 Å². The van der Waals surface area contributed by atoms with Crippen LogP contribution in [0.4, 0.5) is 0 Å². The van der Waals surface area contributed by atoms with Crippen molar-refractivity contribution in [3.63, 3.8) is 0 Å². The van der Waals surface area contributed by atoms with Crippen LogP contribution in [0.5, 0.6) is 0 Å². The highest BCUT2D eigenvalue weighted by Gasteiger charge is 2.16. The van der Waals surface area contributed by atoms with Crippen LogP contribution in [-0.4, -0.2) is 10.2 Å². The summed E-state index contributed by atoms with van der Waals surface area (Å²) in [5, 5.41) is 18.9. The minimum atomic E-state index is -0.0806. The maximum Gasteiger partial charge on any atom is 0.188 e. The number of nitriles is 2. The molecule has 2 heterocycles.